The Balaban J connectivity index is 3.41. The molecule has 0 spiro atoms. The fourth-order valence-corrected chi connectivity index (χ4v) is 0.452. The Hall–Kier alpha value is -1.66. The summed E-state index contributed by atoms with van der Waals surface area (Å²) in [5.74, 6) is -1.26. The lowest BCUT2D eigenvalue weighted by atomic mass is 10.4. The van der Waals surface area contributed by atoms with Gasteiger partial charge in [-0.25, -0.2) is 9.59 Å². The van der Waals surface area contributed by atoms with E-state index in [1.54, 1.807) is 0 Å². The van der Waals surface area contributed by atoms with Gasteiger partial charge in [-0.15, -0.1) is 0 Å². The second-order valence-electron chi connectivity index (χ2n) is 2.96. The van der Waals surface area contributed by atoms with Crippen LogP contribution >= 0.6 is 0 Å². The summed E-state index contributed by atoms with van der Waals surface area (Å²) in [5, 5.41) is 4.07. The Morgan fingerprint density at radius 3 is 2.06 bits per heavy atom. The molecule has 0 rings (SSSR count). The smallest absolute Gasteiger partial charge is 0.371 e. The Bertz CT molecular complexity index is 264. The average Bonchev–Trinajstić information content (AvgIpc) is 2.21. The number of carbonyl (C=O) groups is 2. The fraction of sp³-hybridized carbons (Fsp3) is 0.400. The van der Waals surface area contributed by atoms with Gasteiger partial charge in [0, 0.05) is 11.1 Å². The lowest BCUT2D eigenvalue weighted by Crippen LogP contribution is -2.12. The minimum absolute atomic E-state index is 0.0314. The van der Waals surface area contributed by atoms with Crippen LogP contribution in [0.15, 0.2) is 24.3 Å². The molecule has 0 N–H and O–H groups in total. The van der Waals surface area contributed by atoms with Crippen LogP contribution in [0.25, 0.3) is 0 Å². The molecule has 0 heterocycles. The van der Waals surface area contributed by atoms with Gasteiger partial charge in [-0.1, -0.05) is 13.2 Å². The van der Waals surface area contributed by atoms with Crippen molar-refractivity contribution in [1.29, 1.82) is 0 Å². The third-order valence-electron chi connectivity index (χ3n) is 1.25. The minimum Gasteiger partial charge on any atom is -0.460 e. The number of carbonyl (C=O) groups excluding carboxylic acids is 2. The highest BCUT2D eigenvalue weighted by atomic mass is 17.5. The maximum Gasteiger partial charge on any atom is 0.371 e. The van der Waals surface area contributed by atoms with Crippen molar-refractivity contribution in [1.82, 2.24) is 0 Å². The van der Waals surface area contributed by atoms with Crippen LogP contribution in [0.4, 0.5) is 0 Å². The molecule has 0 aliphatic carbocycles. The highest BCUT2D eigenvalue weighted by molar-refractivity contribution is 5.87. The van der Waals surface area contributed by atoms with Crippen LogP contribution in [0.5, 0.6) is 0 Å². The molecule has 0 aromatic carbocycles. The molecule has 0 aromatic heterocycles. The predicted octanol–water partition coefficient (Wildman–Crippen LogP) is 1.09. The van der Waals surface area contributed by atoms with Crippen LogP contribution in [-0.4, -0.2) is 25.2 Å². The van der Waals surface area contributed by atoms with Crippen molar-refractivity contribution in [2.24, 2.45) is 0 Å². The molecule has 0 saturated carbocycles. The van der Waals surface area contributed by atoms with Gasteiger partial charge in [-0.2, -0.15) is 4.89 Å². The third kappa shape index (κ3) is 6.74. The molecule has 0 bridgehead atoms. The van der Waals surface area contributed by atoms with Crippen molar-refractivity contribution < 1.29 is 29.1 Å². The second-order valence-corrected chi connectivity index (χ2v) is 2.96. The normalized spacial score (nSPS) is 9.38. The van der Waals surface area contributed by atoms with E-state index in [9.17, 15) is 9.59 Å². The van der Waals surface area contributed by atoms with Gasteiger partial charge < -0.3 is 4.74 Å². The standard InChI is InChI=1S/C10H14O6/c1-7(2)9(11)13-5-6-14-16-15-10(12)8(3)4/h1,3,5-6H2,2,4H3. The molecule has 16 heavy (non-hydrogen) atoms. The van der Waals surface area contributed by atoms with E-state index in [1.807, 2.05) is 0 Å². The van der Waals surface area contributed by atoms with E-state index in [-0.39, 0.29) is 24.4 Å². The Morgan fingerprint density at radius 1 is 1.00 bits per heavy atom. The van der Waals surface area contributed by atoms with Gasteiger partial charge in [-0.3, -0.25) is 4.89 Å². The van der Waals surface area contributed by atoms with Crippen LogP contribution < -0.4 is 0 Å². The molecule has 6 nitrogen and oxygen atoms in total. The quantitative estimate of drug-likeness (QED) is 0.214. The summed E-state index contributed by atoms with van der Waals surface area (Å²) in [7, 11) is 0. The summed E-state index contributed by atoms with van der Waals surface area (Å²) in [6.45, 7) is 9.59. The summed E-state index contributed by atoms with van der Waals surface area (Å²) >= 11 is 0. The van der Waals surface area contributed by atoms with Gasteiger partial charge in [0.15, 0.2) is 0 Å². The van der Waals surface area contributed by atoms with Gasteiger partial charge in [0.1, 0.15) is 13.2 Å². The second kappa shape index (κ2) is 7.61. The molecule has 0 amide bonds. The van der Waals surface area contributed by atoms with E-state index in [0.717, 1.165) is 0 Å². The van der Waals surface area contributed by atoms with Gasteiger partial charge in [0.25, 0.3) is 0 Å². The van der Waals surface area contributed by atoms with Gasteiger partial charge >= 0.3 is 11.9 Å². The van der Waals surface area contributed by atoms with Crippen LogP contribution in [0, 0.1) is 0 Å². The van der Waals surface area contributed by atoms with Gasteiger partial charge in [0.2, 0.25) is 0 Å². The maximum atomic E-state index is 10.9. The predicted molar refractivity (Wildman–Crippen MR) is 53.7 cm³/mol. The summed E-state index contributed by atoms with van der Waals surface area (Å²) in [6.07, 6.45) is 0. The first-order valence-electron chi connectivity index (χ1n) is 4.43. The van der Waals surface area contributed by atoms with E-state index in [0.29, 0.717) is 0 Å². The van der Waals surface area contributed by atoms with Gasteiger partial charge in [-0.05, 0) is 18.9 Å². The molecule has 0 aliphatic heterocycles. The van der Waals surface area contributed by atoms with E-state index in [1.165, 1.54) is 13.8 Å². The largest absolute Gasteiger partial charge is 0.460 e. The van der Waals surface area contributed by atoms with Crippen molar-refractivity contribution in [3.05, 3.63) is 24.3 Å². The van der Waals surface area contributed by atoms with E-state index < -0.39 is 11.9 Å². The molecule has 90 valence electrons. The molecule has 6 heteroatoms. The summed E-state index contributed by atoms with van der Waals surface area (Å²) < 4.78 is 4.66. The first kappa shape index (κ1) is 14.3. The topological polar surface area (TPSA) is 71.1 Å². The fourth-order valence-electron chi connectivity index (χ4n) is 0.452. The van der Waals surface area contributed by atoms with Gasteiger partial charge in [0.05, 0.1) is 0 Å². The molecule has 0 fully saturated rings. The van der Waals surface area contributed by atoms with Crippen molar-refractivity contribution >= 4 is 11.9 Å². The molecule has 0 radical (unpaired) electrons. The van der Waals surface area contributed by atoms with E-state index in [2.05, 4.69) is 32.7 Å². The summed E-state index contributed by atoms with van der Waals surface area (Å²) in [6, 6.07) is 0. The molecule has 0 saturated heterocycles. The zero-order valence-corrected chi connectivity index (χ0v) is 9.28. The molecule has 0 unspecified atom stereocenters. The first-order chi connectivity index (χ1) is 7.45. The average molecular weight is 230 g/mol. The SMILES string of the molecule is C=C(C)C(=O)OCCOOOC(=O)C(=C)C. The molecule has 0 aliphatic rings. The third-order valence-corrected chi connectivity index (χ3v) is 1.25. The molecular formula is C10H14O6. The van der Waals surface area contributed by atoms with Crippen LogP contribution in [0.1, 0.15) is 13.8 Å². The van der Waals surface area contributed by atoms with Crippen LogP contribution in [-0.2, 0) is 29.1 Å². The number of hydrogen-bond donors (Lipinski definition) is 0. The monoisotopic (exact) mass is 230 g/mol. The summed E-state index contributed by atoms with van der Waals surface area (Å²) in [5.41, 5.74) is 0.465. The zero-order valence-electron chi connectivity index (χ0n) is 9.28. The number of ether oxygens (including phenoxy) is 1. The zero-order chi connectivity index (χ0) is 12.6. The van der Waals surface area contributed by atoms with Crippen LogP contribution in [0.3, 0.4) is 0 Å². The van der Waals surface area contributed by atoms with Crippen LogP contribution in [0.2, 0.25) is 0 Å². The lowest BCUT2D eigenvalue weighted by molar-refractivity contribution is -0.485. The molecular weight excluding hydrogens is 216 g/mol. The van der Waals surface area contributed by atoms with E-state index in [4.69, 9.17) is 0 Å². The Kier molecular flexibility index (Phi) is 6.82. The minimum atomic E-state index is -0.737. The Morgan fingerprint density at radius 2 is 1.56 bits per heavy atom. The number of esters is 1. The molecule has 0 aromatic rings. The highest BCUT2D eigenvalue weighted by Gasteiger charge is 2.05. The Labute approximate surface area is 93.3 Å². The molecule has 0 atom stereocenters. The highest BCUT2D eigenvalue weighted by Crippen LogP contribution is 1.94. The number of hydrogen-bond acceptors (Lipinski definition) is 6. The van der Waals surface area contributed by atoms with Crippen molar-refractivity contribution in [2.45, 2.75) is 13.8 Å². The van der Waals surface area contributed by atoms with E-state index >= 15 is 0 Å². The van der Waals surface area contributed by atoms with Crippen molar-refractivity contribution in [3.63, 3.8) is 0 Å². The summed E-state index contributed by atoms with van der Waals surface area (Å²) in [4.78, 5) is 30.1. The van der Waals surface area contributed by atoms with Crippen molar-refractivity contribution in [3.8, 4) is 0 Å². The number of rotatable bonds is 7. The maximum absolute atomic E-state index is 10.9. The van der Waals surface area contributed by atoms with Crippen molar-refractivity contribution in [2.75, 3.05) is 13.2 Å². The lowest BCUT2D eigenvalue weighted by Gasteiger charge is -2.04. The first-order valence-corrected chi connectivity index (χ1v) is 4.43.